The van der Waals surface area contributed by atoms with E-state index in [4.69, 9.17) is 11.6 Å². The van der Waals surface area contributed by atoms with Crippen molar-refractivity contribution in [2.24, 2.45) is 4.99 Å². The molecule has 0 radical (unpaired) electrons. The van der Waals surface area contributed by atoms with Gasteiger partial charge in [-0.25, -0.2) is 14.2 Å². The van der Waals surface area contributed by atoms with E-state index in [1.165, 1.54) is 4.57 Å². The number of rotatable bonds is 4. The zero-order valence-corrected chi connectivity index (χ0v) is 15.8. The lowest BCUT2D eigenvalue weighted by molar-refractivity contribution is 0.436. The van der Waals surface area contributed by atoms with Gasteiger partial charge in [0.15, 0.2) is 0 Å². The minimum atomic E-state index is -0.350. The Kier molecular flexibility index (Phi) is 4.71. The molecule has 0 saturated heterocycles. The van der Waals surface area contributed by atoms with Gasteiger partial charge in [0.05, 0.1) is 22.5 Å². The number of aliphatic imine (C=N–C) groups is 1. The Morgan fingerprint density at radius 1 is 1.11 bits per heavy atom. The quantitative estimate of drug-likeness (QED) is 0.526. The number of pyridine rings is 1. The molecule has 4 rings (SSSR count). The molecule has 28 heavy (non-hydrogen) atoms. The van der Waals surface area contributed by atoms with Crippen molar-refractivity contribution in [2.75, 3.05) is 0 Å². The first-order valence-corrected chi connectivity index (χ1v) is 9.17. The zero-order chi connectivity index (χ0) is 19.7. The zero-order valence-electron chi connectivity index (χ0n) is 15.1. The summed E-state index contributed by atoms with van der Waals surface area (Å²) in [7, 11) is 0. The van der Waals surface area contributed by atoms with Gasteiger partial charge in [-0.3, -0.25) is 4.79 Å². The number of aromatic hydroxyl groups is 1. The second kappa shape index (κ2) is 7.32. The number of hydrogen-bond acceptors (Lipinski definition) is 4. The summed E-state index contributed by atoms with van der Waals surface area (Å²) in [5, 5.41) is 16.6. The molecule has 0 unspecified atom stereocenters. The summed E-state index contributed by atoms with van der Waals surface area (Å²) >= 11 is 6.29. The van der Waals surface area contributed by atoms with Crippen LogP contribution in [-0.2, 0) is 6.54 Å². The molecule has 4 aromatic rings. The number of aryl methyl sites for hydroxylation is 1. The molecule has 0 saturated carbocycles. The maximum Gasteiger partial charge on any atom is 0.265 e. The third-order valence-electron chi connectivity index (χ3n) is 4.52. The molecule has 0 fully saturated rings. The molecule has 7 heteroatoms. The highest BCUT2D eigenvalue weighted by Crippen LogP contribution is 2.29. The minimum absolute atomic E-state index is 0.219. The molecular formula is C21H17ClN4O2. The summed E-state index contributed by atoms with van der Waals surface area (Å²) in [5.74, 6) is 0.435. The van der Waals surface area contributed by atoms with Crippen molar-refractivity contribution in [3.63, 3.8) is 0 Å². The van der Waals surface area contributed by atoms with Crippen LogP contribution in [0.1, 0.15) is 12.5 Å². The maximum absolute atomic E-state index is 13.1. The van der Waals surface area contributed by atoms with Crippen LogP contribution < -0.4 is 5.56 Å². The predicted molar refractivity (Wildman–Crippen MR) is 111 cm³/mol. The molecular weight excluding hydrogens is 376 g/mol. The van der Waals surface area contributed by atoms with Crippen molar-refractivity contribution in [1.29, 1.82) is 0 Å². The molecule has 0 aliphatic carbocycles. The number of para-hydroxylation sites is 1. The fourth-order valence-electron chi connectivity index (χ4n) is 3.16. The Hall–Kier alpha value is -3.38. The van der Waals surface area contributed by atoms with E-state index in [-0.39, 0.29) is 11.4 Å². The number of fused-ring (bicyclic) bond motifs is 1. The highest BCUT2D eigenvalue weighted by atomic mass is 35.5. The Morgan fingerprint density at radius 3 is 2.57 bits per heavy atom. The third-order valence-corrected chi connectivity index (χ3v) is 4.84. The largest absolute Gasteiger partial charge is 0.494 e. The lowest BCUT2D eigenvalue weighted by Crippen LogP contribution is -2.20. The van der Waals surface area contributed by atoms with Gasteiger partial charge in [0, 0.05) is 29.6 Å². The van der Waals surface area contributed by atoms with Crippen molar-refractivity contribution >= 4 is 34.4 Å². The highest BCUT2D eigenvalue weighted by Gasteiger charge is 2.17. The van der Waals surface area contributed by atoms with Crippen molar-refractivity contribution in [3.8, 4) is 11.6 Å². The Bertz CT molecular complexity index is 1260. The van der Waals surface area contributed by atoms with E-state index in [0.717, 1.165) is 0 Å². The predicted octanol–water partition coefficient (Wildman–Crippen LogP) is 4.32. The van der Waals surface area contributed by atoms with E-state index in [1.54, 1.807) is 65.6 Å². The Labute approximate surface area is 166 Å². The lowest BCUT2D eigenvalue weighted by atomic mass is 10.1. The fourth-order valence-corrected chi connectivity index (χ4v) is 3.38. The standard InChI is InChI=1S/C21H17ClN4O2/c1-2-25-19(11-12-24-25)23-13-16-14-7-3-4-8-15(14)20(27)26(21(16)28)18-10-6-5-9-17(18)22/h3-13,28H,2H2,1H3/b23-13+. The maximum atomic E-state index is 13.1. The van der Waals surface area contributed by atoms with Gasteiger partial charge in [0.1, 0.15) is 5.82 Å². The van der Waals surface area contributed by atoms with Crippen LogP contribution in [-0.4, -0.2) is 25.7 Å². The fraction of sp³-hybridized carbons (Fsp3) is 0.0952. The molecule has 0 spiro atoms. The topological polar surface area (TPSA) is 72.4 Å². The monoisotopic (exact) mass is 392 g/mol. The van der Waals surface area contributed by atoms with Gasteiger partial charge in [-0.15, -0.1) is 0 Å². The third kappa shape index (κ3) is 2.97. The molecule has 0 amide bonds. The molecule has 140 valence electrons. The van der Waals surface area contributed by atoms with E-state index < -0.39 is 0 Å². The molecule has 2 aromatic carbocycles. The average molecular weight is 393 g/mol. The van der Waals surface area contributed by atoms with Crippen LogP contribution in [0.3, 0.4) is 0 Å². The van der Waals surface area contributed by atoms with Crippen LogP contribution in [0.4, 0.5) is 5.82 Å². The van der Waals surface area contributed by atoms with Crippen LogP contribution in [0.5, 0.6) is 5.88 Å². The van der Waals surface area contributed by atoms with E-state index >= 15 is 0 Å². The van der Waals surface area contributed by atoms with Crippen molar-refractivity contribution < 1.29 is 5.11 Å². The second-order valence-corrected chi connectivity index (χ2v) is 6.55. The van der Waals surface area contributed by atoms with Crippen LogP contribution in [0.25, 0.3) is 16.5 Å². The van der Waals surface area contributed by atoms with Crippen molar-refractivity contribution in [3.05, 3.63) is 81.7 Å². The normalized spacial score (nSPS) is 11.5. The van der Waals surface area contributed by atoms with Gasteiger partial charge in [0.25, 0.3) is 5.56 Å². The van der Waals surface area contributed by atoms with Gasteiger partial charge in [-0.1, -0.05) is 41.9 Å². The number of halogens is 1. The van der Waals surface area contributed by atoms with Crippen LogP contribution in [0.15, 0.2) is 70.6 Å². The first kappa shape index (κ1) is 18.0. The number of nitrogens with zero attached hydrogens (tertiary/aromatic N) is 4. The smallest absolute Gasteiger partial charge is 0.265 e. The van der Waals surface area contributed by atoms with E-state index in [1.807, 2.05) is 13.0 Å². The summed E-state index contributed by atoms with van der Waals surface area (Å²) in [5.41, 5.74) is 0.488. The van der Waals surface area contributed by atoms with E-state index in [0.29, 0.717) is 39.4 Å². The Morgan fingerprint density at radius 2 is 1.82 bits per heavy atom. The summed E-state index contributed by atoms with van der Waals surface area (Å²) in [4.78, 5) is 17.5. The molecule has 1 N–H and O–H groups in total. The first-order valence-electron chi connectivity index (χ1n) is 8.79. The molecule has 0 atom stereocenters. The van der Waals surface area contributed by atoms with Gasteiger partial charge < -0.3 is 5.11 Å². The lowest BCUT2D eigenvalue weighted by Gasteiger charge is -2.14. The molecule has 6 nitrogen and oxygen atoms in total. The SMILES string of the molecule is CCn1nccc1/N=C/c1c(O)n(-c2ccccc2Cl)c(=O)c2ccccc12. The van der Waals surface area contributed by atoms with Crippen LogP contribution in [0, 0.1) is 0 Å². The van der Waals surface area contributed by atoms with E-state index in [2.05, 4.69) is 10.1 Å². The minimum Gasteiger partial charge on any atom is -0.494 e. The Balaban J connectivity index is 2.01. The average Bonchev–Trinajstić information content (AvgIpc) is 3.17. The van der Waals surface area contributed by atoms with E-state index in [9.17, 15) is 9.90 Å². The van der Waals surface area contributed by atoms with Gasteiger partial charge in [-0.2, -0.15) is 5.10 Å². The summed E-state index contributed by atoms with van der Waals surface area (Å²) in [6.07, 6.45) is 3.21. The van der Waals surface area contributed by atoms with Crippen molar-refractivity contribution in [1.82, 2.24) is 14.3 Å². The summed E-state index contributed by atoms with van der Waals surface area (Å²) < 4.78 is 2.95. The molecule has 2 heterocycles. The van der Waals surface area contributed by atoms with Gasteiger partial charge >= 0.3 is 0 Å². The van der Waals surface area contributed by atoms with Crippen molar-refractivity contribution in [2.45, 2.75) is 13.5 Å². The van der Waals surface area contributed by atoms with Crippen LogP contribution >= 0.6 is 11.6 Å². The van der Waals surface area contributed by atoms with Gasteiger partial charge in [-0.05, 0) is 25.1 Å². The van der Waals surface area contributed by atoms with Crippen LogP contribution in [0.2, 0.25) is 5.02 Å². The molecule has 0 aliphatic heterocycles. The number of benzene rings is 2. The summed E-state index contributed by atoms with van der Waals surface area (Å²) in [6.45, 7) is 2.64. The summed E-state index contributed by atoms with van der Waals surface area (Å²) in [6, 6.07) is 15.8. The first-order chi connectivity index (χ1) is 13.6. The number of hydrogen-bond donors (Lipinski definition) is 1. The van der Waals surface area contributed by atoms with Gasteiger partial charge in [0.2, 0.25) is 5.88 Å². The number of aromatic nitrogens is 3. The molecule has 2 aromatic heterocycles. The molecule has 0 bridgehead atoms. The second-order valence-electron chi connectivity index (χ2n) is 6.14. The highest BCUT2D eigenvalue weighted by molar-refractivity contribution is 6.32. The molecule has 0 aliphatic rings.